The molecule has 2 N–H and O–H groups in total. The van der Waals surface area contributed by atoms with Crippen LogP contribution in [0, 0.1) is 0 Å². The number of guanidine groups is 1. The van der Waals surface area contributed by atoms with Crippen molar-refractivity contribution in [2.24, 2.45) is 4.99 Å². The average Bonchev–Trinajstić information content (AvgIpc) is 3.01. The van der Waals surface area contributed by atoms with Crippen LogP contribution in [0.15, 0.2) is 23.5 Å². The van der Waals surface area contributed by atoms with Crippen LogP contribution in [-0.2, 0) is 16.1 Å². The molecular formula is C14H27IN6O2. The Morgan fingerprint density at radius 3 is 2.70 bits per heavy atom. The van der Waals surface area contributed by atoms with Crippen molar-refractivity contribution in [3.8, 4) is 0 Å². The predicted octanol–water partition coefficient (Wildman–Crippen LogP) is 0.161. The fourth-order valence-electron chi connectivity index (χ4n) is 1.61. The quantitative estimate of drug-likeness (QED) is 0.249. The van der Waals surface area contributed by atoms with Crippen LogP contribution in [0.25, 0.3) is 0 Å². The number of likely N-dealkylation sites (N-methyl/N-ethyl adjacent to an activating group) is 1. The maximum atomic E-state index is 11.6. The summed E-state index contributed by atoms with van der Waals surface area (Å²) in [5, 5.41) is 10.5. The van der Waals surface area contributed by atoms with Gasteiger partial charge in [0.2, 0.25) is 5.91 Å². The summed E-state index contributed by atoms with van der Waals surface area (Å²) < 4.78 is 6.88. The topological polar surface area (TPSA) is 83.8 Å². The van der Waals surface area contributed by atoms with Crippen molar-refractivity contribution in [2.45, 2.75) is 13.0 Å². The first-order chi connectivity index (χ1) is 10.6. The summed E-state index contributed by atoms with van der Waals surface area (Å²) in [4.78, 5) is 17.4. The SMILES string of the molecule is COCCNC(=NCC(=O)N(C)C)NCCCn1cccn1.I. The lowest BCUT2D eigenvalue weighted by atomic mass is 10.4. The summed E-state index contributed by atoms with van der Waals surface area (Å²) in [6.07, 6.45) is 4.61. The normalized spacial score (nSPS) is 10.8. The largest absolute Gasteiger partial charge is 0.383 e. The van der Waals surface area contributed by atoms with Crippen molar-refractivity contribution in [2.75, 3.05) is 47.4 Å². The number of nitrogens with zero attached hydrogens (tertiary/aromatic N) is 4. The first-order valence-corrected chi connectivity index (χ1v) is 7.32. The number of nitrogens with one attached hydrogen (secondary N) is 2. The van der Waals surface area contributed by atoms with Crippen LogP contribution in [0.4, 0.5) is 0 Å². The Morgan fingerprint density at radius 2 is 2.09 bits per heavy atom. The molecule has 0 saturated carbocycles. The van der Waals surface area contributed by atoms with Crippen molar-refractivity contribution in [1.82, 2.24) is 25.3 Å². The van der Waals surface area contributed by atoms with E-state index < -0.39 is 0 Å². The van der Waals surface area contributed by atoms with Gasteiger partial charge in [0, 0.05) is 53.2 Å². The van der Waals surface area contributed by atoms with Crippen LogP contribution in [0.5, 0.6) is 0 Å². The number of halogens is 1. The van der Waals surface area contributed by atoms with Gasteiger partial charge in [-0.1, -0.05) is 0 Å². The minimum atomic E-state index is -0.0376. The molecule has 23 heavy (non-hydrogen) atoms. The van der Waals surface area contributed by atoms with Crippen molar-refractivity contribution >= 4 is 35.8 Å². The minimum Gasteiger partial charge on any atom is -0.383 e. The van der Waals surface area contributed by atoms with Crippen LogP contribution in [0.1, 0.15) is 6.42 Å². The summed E-state index contributed by atoms with van der Waals surface area (Å²) in [5.41, 5.74) is 0. The molecule has 0 aliphatic heterocycles. The third-order valence-corrected chi connectivity index (χ3v) is 2.89. The average molecular weight is 438 g/mol. The highest BCUT2D eigenvalue weighted by Gasteiger charge is 2.04. The Bertz CT molecular complexity index is 450. The first-order valence-electron chi connectivity index (χ1n) is 7.32. The van der Waals surface area contributed by atoms with E-state index in [1.54, 1.807) is 27.4 Å². The van der Waals surface area contributed by atoms with Gasteiger partial charge in [-0.3, -0.25) is 9.48 Å². The molecule has 8 nitrogen and oxygen atoms in total. The second-order valence-corrected chi connectivity index (χ2v) is 4.92. The summed E-state index contributed by atoms with van der Waals surface area (Å²) in [6, 6.07) is 1.90. The summed E-state index contributed by atoms with van der Waals surface area (Å²) in [5.74, 6) is 0.581. The minimum absolute atomic E-state index is 0. The molecule has 1 amide bonds. The monoisotopic (exact) mass is 438 g/mol. The number of aromatic nitrogens is 2. The third-order valence-electron chi connectivity index (χ3n) is 2.89. The van der Waals surface area contributed by atoms with Crippen molar-refractivity contribution in [3.63, 3.8) is 0 Å². The molecule has 1 aromatic rings. The number of carbonyl (C=O) groups excluding carboxylic acids is 1. The molecule has 0 spiro atoms. The van der Waals surface area contributed by atoms with Gasteiger partial charge < -0.3 is 20.3 Å². The van der Waals surface area contributed by atoms with Gasteiger partial charge in [0.25, 0.3) is 0 Å². The van der Waals surface area contributed by atoms with E-state index in [0.29, 0.717) is 19.1 Å². The van der Waals surface area contributed by atoms with Crippen LogP contribution in [0.3, 0.4) is 0 Å². The number of hydrogen-bond donors (Lipinski definition) is 2. The smallest absolute Gasteiger partial charge is 0.243 e. The van der Waals surface area contributed by atoms with Gasteiger partial charge in [-0.05, 0) is 12.5 Å². The molecule has 0 radical (unpaired) electrons. The van der Waals surface area contributed by atoms with Gasteiger partial charge in [-0.25, -0.2) is 4.99 Å². The standard InChI is InChI=1S/C14H26N6O2.HI/c1-19(2)13(21)12-17-14(16-8-11-22-3)15-6-4-9-20-10-5-7-18-20;/h5,7,10H,4,6,8-9,11-12H2,1-3H3,(H2,15,16,17);1H. The number of amides is 1. The van der Waals surface area contributed by atoms with Crippen molar-refractivity contribution < 1.29 is 9.53 Å². The van der Waals surface area contributed by atoms with E-state index in [9.17, 15) is 4.79 Å². The lowest BCUT2D eigenvalue weighted by molar-refractivity contribution is -0.127. The Kier molecular flexibility index (Phi) is 12.3. The number of methoxy groups -OCH3 is 1. The van der Waals surface area contributed by atoms with Gasteiger partial charge in [0.1, 0.15) is 6.54 Å². The Labute approximate surface area is 154 Å². The van der Waals surface area contributed by atoms with E-state index in [1.807, 2.05) is 16.9 Å². The zero-order valence-electron chi connectivity index (χ0n) is 14.0. The van der Waals surface area contributed by atoms with Crippen molar-refractivity contribution in [3.05, 3.63) is 18.5 Å². The molecule has 0 aliphatic rings. The lowest BCUT2D eigenvalue weighted by Crippen LogP contribution is -2.40. The summed E-state index contributed by atoms with van der Waals surface area (Å²) in [7, 11) is 5.08. The molecule has 0 unspecified atom stereocenters. The van der Waals surface area contributed by atoms with Crippen LogP contribution in [0.2, 0.25) is 0 Å². The van der Waals surface area contributed by atoms with E-state index in [0.717, 1.165) is 19.5 Å². The fourth-order valence-corrected chi connectivity index (χ4v) is 1.61. The number of aliphatic imine (C=N–C) groups is 1. The second-order valence-electron chi connectivity index (χ2n) is 4.92. The summed E-state index contributed by atoms with van der Waals surface area (Å²) in [6.45, 7) is 2.92. The molecule has 0 fully saturated rings. The Balaban J connectivity index is 0.00000484. The predicted molar refractivity (Wildman–Crippen MR) is 101 cm³/mol. The van der Waals surface area contributed by atoms with Crippen LogP contribution in [-0.4, -0.2) is 74.0 Å². The molecule has 1 rings (SSSR count). The Morgan fingerprint density at radius 1 is 1.35 bits per heavy atom. The molecule has 1 heterocycles. The number of ether oxygens (including phenoxy) is 1. The second kappa shape index (κ2) is 13.1. The first kappa shape index (κ1) is 21.6. The van der Waals surface area contributed by atoms with E-state index in [-0.39, 0.29) is 36.4 Å². The zero-order valence-corrected chi connectivity index (χ0v) is 16.3. The maximum absolute atomic E-state index is 11.6. The highest BCUT2D eigenvalue weighted by Crippen LogP contribution is 1.88. The molecule has 0 bridgehead atoms. The maximum Gasteiger partial charge on any atom is 0.243 e. The Hall–Kier alpha value is -1.36. The molecular weight excluding hydrogens is 411 g/mol. The van der Waals surface area contributed by atoms with Gasteiger partial charge in [-0.15, -0.1) is 24.0 Å². The molecule has 132 valence electrons. The zero-order chi connectivity index (χ0) is 16.2. The highest BCUT2D eigenvalue weighted by molar-refractivity contribution is 14.0. The number of rotatable bonds is 9. The third kappa shape index (κ3) is 10.1. The van der Waals surface area contributed by atoms with Crippen molar-refractivity contribution in [1.29, 1.82) is 0 Å². The van der Waals surface area contributed by atoms with E-state index in [2.05, 4.69) is 20.7 Å². The van der Waals surface area contributed by atoms with E-state index in [1.165, 1.54) is 4.90 Å². The van der Waals surface area contributed by atoms with Gasteiger partial charge in [-0.2, -0.15) is 5.10 Å². The fraction of sp³-hybridized carbons (Fsp3) is 0.643. The van der Waals surface area contributed by atoms with E-state index >= 15 is 0 Å². The molecule has 0 aliphatic carbocycles. The van der Waals surface area contributed by atoms with Crippen LogP contribution < -0.4 is 10.6 Å². The highest BCUT2D eigenvalue weighted by atomic mass is 127. The number of hydrogen-bond acceptors (Lipinski definition) is 4. The number of carbonyl (C=O) groups is 1. The summed E-state index contributed by atoms with van der Waals surface area (Å²) >= 11 is 0. The van der Waals surface area contributed by atoms with Gasteiger partial charge in [0.15, 0.2) is 5.96 Å². The van der Waals surface area contributed by atoms with Crippen LogP contribution >= 0.6 is 24.0 Å². The molecule has 0 aromatic carbocycles. The molecule has 0 atom stereocenters. The molecule has 9 heteroatoms. The van der Waals surface area contributed by atoms with E-state index in [4.69, 9.17) is 4.74 Å². The van der Waals surface area contributed by atoms with Gasteiger partial charge >= 0.3 is 0 Å². The molecule has 0 saturated heterocycles. The molecule has 1 aromatic heterocycles. The number of aryl methyl sites for hydroxylation is 1. The van der Waals surface area contributed by atoms with Gasteiger partial charge in [0.05, 0.1) is 6.61 Å². The lowest BCUT2D eigenvalue weighted by Gasteiger charge is -2.13.